The van der Waals surface area contributed by atoms with Crippen LogP contribution in [0.4, 0.5) is 0 Å². The van der Waals surface area contributed by atoms with Crippen LogP contribution in [0.3, 0.4) is 0 Å². The van der Waals surface area contributed by atoms with Crippen LogP contribution in [0.2, 0.25) is 0 Å². The zero-order valence-corrected chi connectivity index (χ0v) is 13.1. The van der Waals surface area contributed by atoms with Crippen molar-refractivity contribution >= 4 is 5.91 Å². The molecule has 23 heavy (non-hydrogen) atoms. The Balaban J connectivity index is 1.40. The van der Waals surface area contributed by atoms with E-state index in [1.165, 1.54) is 0 Å². The predicted molar refractivity (Wildman–Crippen MR) is 80.4 cm³/mol. The Morgan fingerprint density at radius 1 is 1.43 bits per heavy atom. The lowest BCUT2D eigenvalue weighted by molar-refractivity contribution is -0.138. The summed E-state index contributed by atoms with van der Waals surface area (Å²) in [5, 5.41) is 12.3. The summed E-state index contributed by atoms with van der Waals surface area (Å²) in [6.07, 6.45) is 7.72. The molecule has 0 N–H and O–H groups in total. The number of amides is 1. The maximum Gasteiger partial charge on any atom is 0.222 e. The number of aryl methyl sites for hydroxylation is 2. The van der Waals surface area contributed by atoms with E-state index in [0.717, 1.165) is 30.6 Å². The van der Waals surface area contributed by atoms with E-state index in [1.807, 2.05) is 29.0 Å². The number of rotatable bonds is 3. The topological polar surface area (TPSA) is 78.1 Å². The molecular formula is C15H20N6O2. The summed E-state index contributed by atoms with van der Waals surface area (Å²) in [5.41, 5.74) is 2.08. The molecule has 1 saturated heterocycles. The molecule has 8 nitrogen and oxygen atoms in total. The average Bonchev–Trinajstić information content (AvgIpc) is 3.20. The van der Waals surface area contributed by atoms with Gasteiger partial charge in [0.05, 0.1) is 36.8 Å². The molecule has 0 radical (unpaired) electrons. The molecule has 1 amide bonds. The number of ether oxygens (including phenoxy) is 1. The fourth-order valence-corrected chi connectivity index (χ4v) is 3.42. The summed E-state index contributed by atoms with van der Waals surface area (Å²) in [6, 6.07) is 0.0809. The Morgan fingerprint density at radius 2 is 2.35 bits per heavy atom. The first-order valence-corrected chi connectivity index (χ1v) is 7.96. The number of fused-ring (bicyclic) bond motifs is 3. The zero-order chi connectivity index (χ0) is 15.8. The van der Waals surface area contributed by atoms with E-state index < -0.39 is 0 Å². The number of carbonyl (C=O) groups is 1. The Labute approximate surface area is 134 Å². The molecular weight excluding hydrogens is 296 g/mol. The molecule has 4 rings (SSSR count). The van der Waals surface area contributed by atoms with Crippen LogP contribution in [0.25, 0.3) is 0 Å². The number of likely N-dealkylation sites (tertiary alicyclic amines) is 1. The fourth-order valence-electron chi connectivity index (χ4n) is 3.42. The van der Waals surface area contributed by atoms with Crippen LogP contribution in [0, 0.1) is 0 Å². The van der Waals surface area contributed by atoms with Crippen molar-refractivity contribution in [3.05, 3.63) is 29.8 Å². The predicted octanol–water partition coefficient (Wildman–Crippen LogP) is 0.317. The second-order valence-corrected chi connectivity index (χ2v) is 6.24. The van der Waals surface area contributed by atoms with E-state index in [9.17, 15) is 4.79 Å². The first kappa shape index (κ1) is 14.4. The van der Waals surface area contributed by atoms with E-state index in [4.69, 9.17) is 4.74 Å². The highest BCUT2D eigenvalue weighted by Gasteiger charge is 2.37. The van der Waals surface area contributed by atoms with Crippen LogP contribution in [-0.2, 0) is 29.6 Å². The number of piperidine rings is 1. The van der Waals surface area contributed by atoms with Crippen molar-refractivity contribution in [2.24, 2.45) is 7.05 Å². The van der Waals surface area contributed by atoms with Crippen LogP contribution in [0.1, 0.15) is 30.1 Å². The molecule has 2 atom stereocenters. The van der Waals surface area contributed by atoms with Gasteiger partial charge < -0.3 is 9.64 Å². The Bertz CT molecular complexity index is 708. The second kappa shape index (κ2) is 5.77. The molecule has 4 heterocycles. The van der Waals surface area contributed by atoms with Gasteiger partial charge in [-0.2, -0.15) is 5.10 Å². The third-order valence-corrected chi connectivity index (χ3v) is 4.67. The molecule has 0 bridgehead atoms. The largest absolute Gasteiger partial charge is 0.370 e. The molecule has 122 valence electrons. The molecule has 0 aromatic carbocycles. The van der Waals surface area contributed by atoms with Crippen molar-refractivity contribution in [3.63, 3.8) is 0 Å². The number of nitrogens with zero attached hydrogens (tertiary/aromatic N) is 6. The lowest BCUT2D eigenvalue weighted by Crippen LogP contribution is -2.49. The number of hydrogen-bond donors (Lipinski definition) is 0. The van der Waals surface area contributed by atoms with Crippen molar-refractivity contribution in [3.8, 4) is 0 Å². The second-order valence-electron chi connectivity index (χ2n) is 6.24. The van der Waals surface area contributed by atoms with Gasteiger partial charge in [-0.05, 0) is 18.4 Å². The Morgan fingerprint density at radius 3 is 3.17 bits per heavy atom. The van der Waals surface area contributed by atoms with Crippen LogP contribution >= 0.6 is 0 Å². The molecule has 0 aliphatic carbocycles. The monoisotopic (exact) mass is 316 g/mol. The smallest absolute Gasteiger partial charge is 0.222 e. The Hall–Kier alpha value is -2.22. The molecule has 0 unspecified atom stereocenters. The summed E-state index contributed by atoms with van der Waals surface area (Å²) in [5.74, 6) is 0.180. The van der Waals surface area contributed by atoms with Crippen LogP contribution < -0.4 is 0 Å². The first-order valence-electron chi connectivity index (χ1n) is 7.96. The molecule has 2 aliphatic rings. The minimum Gasteiger partial charge on any atom is -0.370 e. The van der Waals surface area contributed by atoms with Gasteiger partial charge in [-0.1, -0.05) is 5.21 Å². The maximum atomic E-state index is 12.5. The first-order chi connectivity index (χ1) is 11.2. The van der Waals surface area contributed by atoms with Crippen molar-refractivity contribution < 1.29 is 9.53 Å². The van der Waals surface area contributed by atoms with E-state index in [-0.39, 0.29) is 18.1 Å². The van der Waals surface area contributed by atoms with E-state index in [1.54, 1.807) is 10.9 Å². The average molecular weight is 316 g/mol. The van der Waals surface area contributed by atoms with Crippen LogP contribution in [0.15, 0.2) is 18.6 Å². The van der Waals surface area contributed by atoms with Gasteiger partial charge >= 0.3 is 0 Å². The van der Waals surface area contributed by atoms with Crippen molar-refractivity contribution in [1.29, 1.82) is 0 Å². The molecule has 8 heteroatoms. The van der Waals surface area contributed by atoms with E-state index >= 15 is 0 Å². The fraction of sp³-hybridized carbons (Fsp3) is 0.600. The molecule has 2 aliphatic heterocycles. The summed E-state index contributed by atoms with van der Waals surface area (Å²) in [4.78, 5) is 14.4. The summed E-state index contributed by atoms with van der Waals surface area (Å²) in [7, 11) is 1.88. The zero-order valence-electron chi connectivity index (χ0n) is 13.1. The van der Waals surface area contributed by atoms with Gasteiger partial charge in [0.25, 0.3) is 0 Å². The summed E-state index contributed by atoms with van der Waals surface area (Å²) >= 11 is 0. The van der Waals surface area contributed by atoms with Crippen molar-refractivity contribution in [2.75, 3.05) is 13.1 Å². The third kappa shape index (κ3) is 2.74. The van der Waals surface area contributed by atoms with Gasteiger partial charge in [0.15, 0.2) is 0 Å². The lowest BCUT2D eigenvalue weighted by Gasteiger charge is -2.41. The third-order valence-electron chi connectivity index (χ3n) is 4.67. The normalized spacial score (nSPS) is 23.4. The highest BCUT2D eigenvalue weighted by Crippen LogP contribution is 2.30. The maximum absolute atomic E-state index is 12.5. The standard InChI is InChI=1S/C15H20N6O2/c1-19-8-11(6-17-19)2-3-15(22)20-5-4-14-13(9-20)21-12(10-23-14)7-16-18-21/h6-8,13-14H,2-5,9-10H2,1H3/t13-,14+/m0/s1. The number of hydrogen-bond acceptors (Lipinski definition) is 5. The van der Waals surface area contributed by atoms with Gasteiger partial charge in [0, 0.05) is 32.8 Å². The van der Waals surface area contributed by atoms with Crippen molar-refractivity contribution in [2.45, 2.75) is 38.0 Å². The van der Waals surface area contributed by atoms with E-state index in [2.05, 4.69) is 15.4 Å². The number of carbonyl (C=O) groups excluding carboxylic acids is 1. The molecule has 0 saturated carbocycles. The summed E-state index contributed by atoms with van der Waals surface area (Å²) in [6.45, 7) is 1.95. The summed E-state index contributed by atoms with van der Waals surface area (Å²) < 4.78 is 9.56. The molecule has 0 spiro atoms. The lowest BCUT2D eigenvalue weighted by atomic mass is 10.00. The van der Waals surface area contributed by atoms with Gasteiger partial charge in [-0.3, -0.25) is 9.48 Å². The van der Waals surface area contributed by atoms with Crippen molar-refractivity contribution in [1.82, 2.24) is 29.7 Å². The minimum atomic E-state index is 0.0809. The van der Waals surface area contributed by atoms with Gasteiger partial charge in [-0.25, -0.2) is 4.68 Å². The van der Waals surface area contributed by atoms with Gasteiger partial charge in [0.1, 0.15) is 0 Å². The molecule has 1 fully saturated rings. The minimum absolute atomic E-state index is 0.0809. The van der Waals surface area contributed by atoms with Crippen LogP contribution in [-0.4, -0.2) is 54.8 Å². The molecule has 2 aromatic rings. The van der Waals surface area contributed by atoms with E-state index in [0.29, 0.717) is 19.6 Å². The Kier molecular flexibility index (Phi) is 3.60. The highest BCUT2D eigenvalue weighted by atomic mass is 16.5. The number of aromatic nitrogens is 5. The molecule has 2 aromatic heterocycles. The van der Waals surface area contributed by atoms with Gasteiger partial charge in [-0.15, -0.1) is 5.10 Å². The quantitative estimate of drug-likeness (QED) is 0.815. The highest BCUT2D eigenvalue weighted by molar-refractivity contribution is 5.76. The van der Waals surface area contributed by atoms with Crippen LogP contribution in [0.5, 0.6) is 0 Å². The van der Waals surface area contributed by atoms with Gasteiger partial charge in [0.2, 0.25) is 5.91 Å². The SMILES string of the molecule is Cn1cc(CCC(=O)N2CC[C@H]3OCc4cnnn4[C@H]3C2)cn1.